The van der Waals surface area contributed by atoms with Gasteiger partial charge in [0.1, 0.15) is 15.9 Å². The van der Waals surface area contributed by atoms with E-state index in [1.165, 1.54) is 4.90 Å². The van der Waals surface area contributed by atoms with Gasteiger partial charge in [0.15, 0.2) is 0 Å². The molecule has 3 N–H and O–H groups in total. The van der Waals surface area contributed by atoms with Crippen LogP contribution in [-0.4, -0.2) is 60.9 Å². The number of nitrogens with zero attached hydrogens (tertiary/aromatic N) is 1. The van der Waals surface area contributed by atoms with E-state index >= 15 is 0 Å². The molecule has 1 rings (SSSR count). The third kappa shape index (κ3) is 5.09. The Morgan fingerprint density at radius 3 is 2.55 bits per heavy atom. The summed E-state index contributed by atoms with van der Waals surface area (Å²) in [6.07, 6.45) is 3.90. The molecule has 2 unspecified atom stereocenters. The first-order valence-corrected chi connectivity index (χ1v) is 8.75. The molecule has 1 fully saturated rings. The largest absolute Gasteiger partial charge is 0.480 e. The summed E-state index contributed by atoms with van der Waals surface area (Å²) in [6, 6.07) is -1.82. The van der Waals surface area contributed by atoms with Crippen molar-refractivity contribution < 1.29 is 23.1 Å². The first kappa shape index (κ1) is 16.9. The summed E-state index contributed by atoms with van der Waals surface area (Å²) in [4.78, 5) is 24.8. The van der Waals surface area contributed by atoms with E-state index in [4.69, 9.17) is 5.73 Å². The highest BCUT2D eigenvalue weighted by Gasteiger charge is 2.33. The van der Waals surface area contributed by atoms with E-state index in [-0.39, 0.29) is 12.2 Å². The molecule has 0 spiro atoms. The number of nitrogens with two attached hydrogens (primary N) is 1. The van der Waals surface area contributed by atoms with Crippen molar-refractivity contribution in [2.75, 3.05) is 18.6 Å². The molecule has 7 nitrogen and oxygen atoms in total. The summed E-state index contributed by atoms with van der Waals surface area (Å²) in [5, 5.41) is 9.19. The van der Waals surface area contributed by atoms with Crippen LogP contribution >= 0.6 is 0 Å². The average molecular weight is 306 g/mol. The van der Waals surface area contributed by atoms with Gasteiger partial charge in [-0.1, -0.05) is 12.8 Å². The maximum absolute atomic E-state index is 12.2. The molecule has 0 aliphatic carbocycles. The van der Waals surface area contributed by atoms with E-state index in [9.17, 15) is 23.1 Å². The molecular formula is C12H22N2O5S. The molecule has 0 aromatic rings. The molecule has 8 heteroatoms. The van der Waals surface area contributed by atoms with Crippen LogP contribution in [0.4, 0.5) is 0 Å². The fourth-order valence-electron chi connectivity index (χ4n) is 2.31. The van der Waals surface area contributed by atoms with Gasteiger partial charge < -0.3 is 15.7 Å². The predicted octanol–water partition coefficient (Wildman–Crippen LogP) is -0.396. The summed E-state index contributed by atoms with van der Waals surface area (Å²) >= 11 is 0. The van der Waals surface area contributed by atoms with E-state index in [1.807, 2.05) is 0 Å². The molecule has 0 saturated carbocycles. The van der Waals surface area contributed by atoms with E-state index in [0.717, 1.165) is 25.5 Å². The Hall–Kier alpha value is -1.15. The van der Waals surface area contributed by atoms with Crippen molar-refractivity contribution in [1.29, 1.82) is 0 Å². The van der Waals surface area contributed by atoms with Crippen LogP contribution in [0, 0.1) is 0 Å². The number of aliphatic carboxylic acids is 1. The number of likely N-dealkylation sites (tertiary alicyclic amines) is 1. The number of hydrogen-bond acceptors (Lipinski definition) is 5. The van der Waals surface area contributed by atoms with Crippen molar-refractivity contribution in [3.63, 3.8) is 0 Å². The van der Waals surface area contributed by atoms with Crippen LogP contribution in [0.15, 0.2) is 0 Å². The van der Waals surface area contributed by atoms with E-state index < -0.39 is 33.8 Å². The Kier molecular flexibility index (Phi) is 5.94. The molecule has 1 amide bonds. The average Bonchev–Trinajstić information content (AvgIpc) is 2.59. The molecule has 1 heterocycles. The minimum absolute atomic E-state index is 0.0144. The van der Waals surface area contributed by atoms with Gasteiger partial charge in [-0.05, 0) is 19.3 Å². The number of carboxylic acid groups (broad SMARTS) is 1. The van der Waals surface area contributed by atoms with Crippen LogP contribution in [0.5, 0.6) is 0 Å². The zero-order valence-electron chi connectivity index (χ0n) is 11.6. The Morgan fingerprint density at radius 2 is 2.00 bits per heavy atom. The highest BCUT2D eigenvalue weighted by molar-refractivity contribution is 7.90. The quantitative estimate of drug-likeness (QED) is 0.714. The van der Waals surface area contributed by atoms with Crippen LogP contribution < -0.4 is 5.73 Å². The number of hydrogen-bond donors (Lipinski definition) is 2. The summed E-state index contributed by atoms with van der Waals surface area (Å²) in [7, 11) is -3.19. The second-order valence-electron chi connectivity index (χ2n) is 5.26. The zero-order chi connectivity index (χ0) is 15.3. The molecule has 116 valence electrons. The molecular weight excluding hydrogens is 284 g/mol. The SMILES string of the molecule is CS(=O)(=O)CCC(N)C(=O)N1CCCCCC1C(=O)O. The van der Waals surface area contributed by atoms with Gasteiger partial charge in [0.05, 0.1) is 11.8 Å². The molecule has 0 aromatic heterocycles. The van der Waals surface area contributed by atoms with Crippen LogP contribution in [0.3, 0.4) is 0 Å². The van der Waals surface area contributed by atoms with Crippen LogP contribution in [0.25, 0.3) is 0 Å². The summed E-state index contributed by atoms with van der Waals surface area (Å²) in [5.74, 6) is -1.68. The Bertz CT molecular complexity index is 462. The second-order valence-corrected chi connectivity index (χ2v) is 7.52. The third-order valence-electron chi connectivity index (χ3n) is 3.44. The Labute approximate surface area is 119 Å². The van der Waals surface area contributed by atoms with Gasteiger partial charge in [0.25, 0.3) is 0 Å². The van der Waals surface area contributed by atoms with Crippen molar-refractivity contribution >= 4 is 21.7 Å². The maximum atomic E-state index is 12.2. The number of rotatable bonds is 5. The van der Waals surface area contributed by atoms with Gasteiger partial charge in [-0.15, -0.1) is 0 Å². The molecule has 0 aromatic carbocycles. The standard InChI is InChI=1S/C12H22N2O5S/c1-20(18,19)8-6-9(13)11(15)14-7-4-2-3-5-10(14)12(16)17/h9-10H,2-8,13H2,1H3,(H,16,17). The highest BCUT2D eigenvalue weighted by atomic mass is 32.2. The lowest BCUT2D eigenvalue weighted by molar-refractivity contribution is -0.150. The summed E-state index contributed by atoms with van der Waals surface area (Å²) < 4.78 is 22.2. The minimum Gasteiger partial charge on any atom is -0.480 e. The molecule has 20 heavy (non-hydrogen) atoms. The monoisotopic (exact) mass is 306 g/mol. The van der Waals surface area contributed by atoms with E-state index in [0.29, 0.717) is 13.0 Å². The number of carboxylic acids is 1. The van der Waals surface area contributed by atoms with Gasteiger partial charge in [-0.25, -0.2) is 13.2 Å². The zero-order valence-corrected chi connectivity index (χ0v) is 12.4. The maximum Gasteiger partial charge on any atom is 0.326 e. The minimum atomic E-state index is -3.19. The van der Waals surface area contributed by atoms with Crippen molar-refractivity contribution in [2.24, 2.45) is 5.73 Å². The lowest BCUT2D eigenvalue weighted by Crippen LogP contribution is -2.51. The second kappa shape index (κ2) is 7.03. The lowest BCUT2D eigenvalue weighted by atomic mass is 10.1. The van der Waals surface area contributed by atoms with Crippen LogP contribution in [0.2, 0.25) is 0 Å². The number of carbonyl (C=O) groups is 2. The molecule has 1 aliphatic rings. The van der Waals surface area contributed by atoms with Crippen molar-refractivity contribution in [3.8, 4) is 0 Å². The van der Waals surface area contributed by atoms with Gasteiger partial charge in [-0.2, -0.15) is 0 Å². The van der Waals surface area contributed by atoms with Crippen LogP contribution in [0.1, 0.15) is 32.1 Å². The van der Waals surface area contributed by atoms with Gasteiger partial charge >= 0.3 is 5.97 Å². The molecule has 0 radical (unpaired) electrons. The Balaban J connectivity index is 2.73. The normalized spacial score (nSPS) is 22.1. The van der Waals surface area contributed by atoms with E-state index in [1.54, 1.807) is 0 Å². The van der Waals surface area contributed by atoms with Crippen molar-refractivity contribution in [2.45, 2.75) is 44.2 Å². The molecule has 1 aliphatic heterocycles. The topological polar surface area (TPSA) is 118 Å². The van der Waals surface area contributed by atoms with Crippen LogP contribution in [-0.2, 0) is 19.4 Å². The molecule has 1 saturated heterocycles. The summed E-state index contributed by atoms with van der Waals surface area (Å²) in [5.41, 5.74) is 5.72. The van der Waals surface area contributed by atoms with Gasteiger partial charge in [-0.3, -0.25) is 4.79 Å². The smallest absolute Gasteiger partial charge is 0.326 e. The fourth-order valence-corrected chi connectivity index (χ4v) is 2.99. The van der Waals surface area contributed by atoms with Crippen molar-refractivity contribution in [1.82, 2.24) is 4.90 Å². The highest BCUT2D eigenvalue weighted by Crippen LogP contribution is 2.18. The number of amides is 1. The predicted molar refractivity (Wildman–Crippen MR) is 73.9 cm³/mol. The molecule has 0 bridgehead atoms. The Morgan fingerprint density at radius 1 is 1.35 bits per heavy atom. The van der Waals surface area contributed by atoms with E-state index in [2.05, 4.69) is 0 Å². The van der Waals surface area contributed by atoms with Gasteiger partial charge in [0, 0.05) is 12.8 Å². The summed E-state index contributed by atoms with van der Waals surface area (Å²) in [6.45, 7) is 0.363. The fraction of sp³-hybridized carbons (Fsp3) is 0.833. The first-order valence-electron chi connectivity index (χ1n) is 6.69. The number of carbonyl (C=O) groups excluding carboxylic acids is 1. The van der Waals surface area contributed by atoms with Gasteiger partial charge in [0.2, 0.25) is 5.91 Å². The first-order chi connectivity index (χ1) is 9.22. The van der Waals surface area contributed by atoms with Crippen molar-refractivity contribution in [3.05, 3.63) is 0 Å². The number of sulfone groups is 1. The third-order valence-corrected chi connectivity index (χ3v) is 4.42. The molecule has 2 atom stereocenters. The lowest BCUT2D eigenvalue weighted by Gasteiger charge is -2.29.